The first-order chi connectivity index (χ1) is 14.0. The summed E-state index contributed by atoms with van der Waals surface area (Å²) in [6, 6.07) is 9.27. The summed E-state index contributed by atoms with van der Waals surface area (Å²) < 4.78 is 28.9. The van der Waals surface area contributed by atoms with E-state index in [-0.39, 0.29) is 22.1 Å². The maximum atomic E-state index is 12.8. The van der Waals surface area contributed by atoms with E-state index in [2.05, 4.69) is 0 Å². The number of rotatable bonds is 5. The molecule has 1 aliphatic heterocycles. The first kappa shape index (κ1) is 21.7. The maximum absolute atomic E-state index is 12.8. The number of sulfone groups is 1. The standard InChI is InChI=1S/C22H23NO6S/c1-13-5-7-18(30(4,27)28)12-19(13)22(26)29-14(2)21(25)17-6-8-20-16(11-17)9-10-23(20)15(3)24/h5-8,11-12,14H,9-10H2,1-4H3/t14-/m1/s1. The Morgan fingerprint density at radius 3 is 2.43 bits per heavy atom. The first-order valence-corrected chi connectivity index (χ1v) is 11.3. The number of fused-ring (bicyclic) bond motifs is 1. The van der Waals surface area contributed by atoms with Gasteiger partial charge in [0.15, 0.2) is 15.9 Å². The van der Waals surface area contributed by atoms with Crippen molar-refractivity contribution in [2.75, 3.05) is 17.7 Å². The Balaban J connectivity index is 1.78. The first-order valence-electron chi connectivity index (χ1n) is 9.46. The van der Waals surface area contributed by atoms with Gasteiger partial charge in [0.25, 0.3) is 0 Å². The molecule has 0 N–H and O–H groups in total. The van der Waals surface area contributed by atoms with Crippen molar-refractivity contribution in [3.8, 4) is 0 Å². The lowest BCUT2D eigenvalue weighted by Crippen LogP contribution is -2.26. The summed E-state index contributed by atoms with van der Waals surface area (Å²) in [5.74, 6) is -1.19. The van der Waals surface area contributed by atoms with Gasteiger partial charge in [0.2, 0.25) is 11.7 Å². The van der Waals surface area contributed by atoms with Crippen LogP contribution in [0.25, 0.3) is 0 Å². The Morgan fingerprint density at radius 2 is 1.80 bits per heavy atom. The van der Waals surface area contributed by atoms with Crippen molar-refractivity contribution in [3.05, 3.63) is 58.7 Å². The average molecular weight is 429 g/mol. The summed E-state index contributed by atoms with van der Waals surface area (Å²) in [4.78, 5) is 38.7. The van der Waals surface area contributed by atoms with E-state index in [0.29, 0.717) is 24.1 Å². The number of nitrogens with zero attached hydrogens (tertiary/aromatic N) is 1. The second-order valence-corrected chi connectivity index (χ2v) is 9.44. The minimum absolute atomic E-state index is 0.00711. The monoisotopic (exact) mass is 429 g/mol. The molecule has 0 saturated heterocycles. The molecule has 0 unspecified atom stereocenters. The van der Waals surface area contributed by atoms with E-state index in [9.17, 15) is 22.8 Å². The molecule has 0 bridgehead atoms. The number of hydrogen-bond acceptors (Lipinski definition) is 6. The zero-order valence-corrected chi connectivity index (χ0v) is 18.1. The van der Waals surface area contributed by atoms with Gasteiger partial charge in [-0.1, -0.05) is 6.07 Å². The molecule has 0 aliphatic carbocycles. The van der Waals surface area contributed by atoms with Crippen LogP contribution in [0.2, 0.25) is 0 Å². The summed E-state index contributed by atoms with van der Waals surface area (Å²) in [5.41, 5.74) is 2.72. The van der Waals surface area contributed by atoms with Gasteiger partial charge in [-0.2, -0.15) is 0 Å². The van der Waals surface area contributed by atoms with Crippen molar-refractivity contribution in [1.29, 1.82) is 0 Å². The van der Waals surface area contributed by atoms with Crippen molar-refractivity contribution in [1.82, 2.24) is 0 Å². The average Bonchev–Trinajstić information content (AvgIpc) is 3.10. The van der Waals surface area contributed by atoms with E-state index >= 15 is 0 Å². The molecule has 0 aromatic heterocycles. The molecule has 2 aromatic rings. The number of ketones is 1. The SMILES string of the molecule is CC(=O)N1CCc2cc(C(=O)[C@@H](C)OC(=O)c3cc(S(C)(=O)=O)ccc3C)ccc21. The minimum Gasteiger partial charge on any atom is -0.451 e. The van der Waals surface area contributed by atoms with E-state index in [1.54, 1.807) is 30.0 Å². The molecule has 1 atom stereocenters. The van der Waals surface area contributed by atoms with Crippen LogP contribution in [0.5, 0.6) is 0 Å². The molecule has 8 heteroatoms. The molecule has 1 heterocycles. The zero-order chi connectivity index (χ0) is 22.2. The third-order valence-corrected chi connectivity index (χ3v) is 6.26. The van der Waals surface area contributed by atoms with Crippen LogP contribution in [-0.2, 0) is 25.8 Å². The van der Waals surface area contributed by atoms with E-state index in [4.69, 9.17) is 4.74 Å². The van der Waals surface area contributed by atoms with Crippen LogP contribution in [0.3, 0.4) is 0 Å². The van der Waals surface area contributed by atoms with E-state index in [1.807, 2.05) is 0 Å². The van der Waals surface area contributed by atoms with Crippen LogP contribution in [-0.4, -0.2) is 45.0 Å². The van der Waals surface area contributed by atoms with Crippen LogP contribution >= 0.6 is 0 Å². The van der Waals surface area contributed by atoms with Crippen LogP contribution in [0.15, 0.2) is 41.3 Å². The van der Waals surface area contributed by atoms with Gasteiger partial charge in [-0.05, 0) is 61.7 Å². The number of carbonyl (C=O) groups is 3. The summed E-state index contributed by atoms with van der Waals surface area (Å²) >= 11 is 0. The van der Waals surface area contributed by atoms with Crippen molar-refractivity contribution in [3.63, 3.8) is 0 Å². The molecule has 0 radical (unpaired) electrons. The van der Waals surface area contributed by atoms with Gasteiger partial charge in [0.05, 0.1) is 10.5 Å². The molecule has 1 amide bonds. The highest BCUT2D eigenvalue weighted by Gasteiger charge is 2.26. The van der Waals surface area contributed by atoms with Gasteiger partial charge in [-0.25, -0.2) is 13.2 Å². The molecule has 30 heavy (non-hydrogen) atoms. The Labute approximate surface area is 175 Å². The third kappa shape index (κ3) is 4.28. The molecular weight excluding hydrogens is 406 g/mol. The predicted octanol–water partition coefficient (Wildman–Crippen LogP) is 2.74. The Bertz CT molecular complexity index is 1150. The lowest BCUT2D eigenvalue weighted by Gasteiger charge is -2.16. The highest BCUT2D eigenvalue weighted by molar-refractivity contribution is 7.90. The Morgan fingerprint density at radius 1 is 1.10 bits per heavy atom. The molecule has 158 valence electrons. The number of esters is 1. The number of Topliss-reactive ketones (excluding diaryl/α,β-unsaturated/α-hetero) is 1. The molecular formula is C22H23NO6S. The molecule has 2 aromatic carbocycles. The van der Waals surface area contributed by atoms with Crippen LogP contribution in [0, 0.1) is 6.92 Å². The topological polar surface area (TPSA) is 97.8 Å². The van der Waals surface area contributed by atoms with E-state index in [1.165, 1.54) is 32.0 Å². The van der Waals surface area contributed by atoms with Crippen LogP contribution in [0.1, 0.15) is 45.7 Å². The number of aryl methyl sites for hydroxylation is 1. The van der Waals surface area contributed by atoms with Gasteiger partial charge in [-0.15, -0.1) is 0 Å². The Hall–Kier alpha value is -3.00. The lowest BCUT2D eigenvalue weighted by molar-refractivity contribution is -0.116. The number of anilines is 1. The van der Waals surface area contributed by atoms with Crippen molar-refractivity contribution in [2.24, 2.45) is 0 Å². The Kier molecular flexibility index (Phi) is 5.81. The van der Waals surface area contributed by atoms with Crippen LogP contribution < -0.4 is 4.90 Å². The molecule has 0 fully saturated rings. The van der Waals surface area contributed by atoms with Gasteiger partial charge in [-0.3, -0.25) is 9.59 Å². The third-order valence-electron chi connectivity index (χ3n) is 5.15. The van der Waals surface area contributed by atoms with Gasteiger partial charge in [0.1, 0.15) is 0 Å². The highest BCUT2D eigenvalue weighted by Crippen LogP contribution is 2.29. The van der Waals surface area contributed by atoms with Gasteiger partial charge >= 0.3 is 5.97 Å². The molecule has 7 nitrogen and oxygen atoms in total. The molecule has 0 spiro atoms. The molecule has 1 aliphatic rings. The summed E-state index contributed by atoms with van der Waals surface area (Å²) in [5, 5.41) is 0. The second-order valence-electron chi connectivity index (χ2n) is 7.42. The number of amides is 1. The van der Waals surface area contributed by atoms with E-state index < -0.39 is 21.9 Å². The predicted molar refractivity (Wildman–Crippen MR) is 112 cm³/mol. The minimum atomic E-state index is -3.48. The smallest absolute Gasteiger partial charge is 0.339 e. The van der Waals surface area contributed by atoms with Crippen molar-refractivity contribution >= 4 is 33.2 Å². The van der Waals surface area contributed by atoms with Crippen LogP contribution in [0.4, 0.5) is 5.69 Å². The zero-order valence-electron chi connectivity index (χ0n) is 17.3. The summed E-state index contributed by atoms with van der Waals surface area (Å²) in [6.45, 7) is 5.21. The number of benzene rings is 2. The number of hydrogen-bond donors (Lipinski definition) is 0. The number of carbonyl (C=O) groups excluding carboxylic acids is 3. The van der Waals surface area contributed by atoms with Crippen molar-refractivity contribution < 1.29 is 27.5 Å². The lowest BCUT2D eigenvalue weighted by atomic mass is 10.0. The van der Waals surface area contributed by atoms with Gasteiger partial charge in [0, 0.05) is 31.0 Å². The highest BCUT2D eigenvalue weighted by atomic mass is 32.2. The summed E-state index contributed by atoms with van der Waals surface area (Å²) in [6.07, 6.45) is 0.656. The fraction of sp³-hybridized carbons (Fsp3) is 0.318. The second kappa shape index (κ2) is 8.02. The fourth-order valence-electron chi connectivity index (χ4n) is 3.45. The fourth-order valence-corrected chi connectivity index (χ4v) is 4.09. The van der Waals surface area contributed by atoms with Crippen molar-refractivity contribution in [2.45, 2.75) is 38.2 Å². The van der Waals surface area contributed by atoms with Gasteiger partial charge < -0.3 is 9.64 Å². The van der Waals surface area contributed by atoms with E-state index in [0.717, 1.165) is 17.5 Å². The summed E-state index contributed by atoms with van der Waals surface area (Å²) in [7, 11) is -3.48. The quantitative estimate of drug-likeness (QED) is 0.535. The normalized spacial score (nSPS) is 14.2. The molecule has 3 rings (SSSR count). The number of ether oxygens (including phenoxy) is 1. The largest absolute Gasteiger partial charge is 0.451 e. The molecule has 0 saturated carbocycles. The maximum Gasteiger partial charge on any atom is 0.339 e.